The highest BCUT2D eigenvalue weighted by Crippen LogP contribution is 2.37. The van der Waals surface area contributed by atoms with Crippen molar-refractivity contribution in [2.24, 2.45) is 12.8 Å². The lowest BCUT2D eigenvalue weighted by atomic mass is 9.98. The third-order valence-corrected chi connectivity index (χ3v) is 7.60. The Labute approximate surface area is 203 Å². The van der Waals surface area contributed by atoms with Gasteiger partial charge in [-0.05, 0) is 49.4 Å². The van der Waals surface area contributed by atoms with E-state index in [2.05, 4.69) is 32.4 Å². The lowest BCUT2D eigenvalue weighted by Gasteiger charge is -2.30. The monoisotopic (exact) mass is 468 g/mol. The Morgan fingerprint density at radius 1 is 1.11 bits per heavy atom. The summed E-state index contributed by atoms with van der Waals surface area (Å²) in [4.78, 5) is 25.7. The number of hydrogen-bond donors (Lipinski definition) is 3. The van der Waals surface area contributed by atoms with E-state index in [1.165, 1.54) is 12.8 Å². The van der Waals surface area contributed by atoms with E-state index in [0.29, 0.717) is 12.1 Å². The first-order valence-corrected chi connectivity index (χ1v) is 12.2. The average molecular weight is 469 g/mol. The minimum absolute atomic E-state index is 0.0407. The second-order valence-corrected chi connectivity index (χ2v) is 9.69. The van der Waals surface area contributed by atoms with Gasteiger partial charge in [0, 0.05) is 48.5 Å². The zero-order valence-electron chi connectivity index (χ0n) is 20.0. The summed E-state index contributed by atoms with van der Waals surface area (Å²) in [7, 11) is 3.68. The summed E-state index contributed by atoms with van der Waals surface area (Å²) in [6.45, 7) is 0. The molecule has 2 unspecified atom stereocenters. The number of benzene rings is 1. The van der Waals surface area contributed by atoms with Crippen molar-refractivity contribution < 1.29 is 4.99 Å². The van der Waals surface area contributed by atoms with Crippen LogP contribution in [-0.2, 0) is 7.05 Å². The molecule has 0 amide bonds. The molecule has 35 heavy (non-hydrogen) atoms. The van der Waals surface area contributed by atoms with Crippen LogP contribution in [0.2, 0.25) is 0 Å². The van der Waals surface area contributed by atoms with Gasteiger partial charge >= 0.3 is 5.69 Å². The van der Waals surface area contributed by atoms with Crippen molar-refractivity contribution in [3.63, 3.8) is 0 Å². The molecule has 2 bridgehead atoms. The standard InChI is InChI=1S/C27H29N7O/c1-29-13-18(12-28)23-7-4-17(14-30-23)16-3-8-24-22(9-16)26-25(15-31-24)33(2)27(35)34(26)21-10-19-5-6-20(11-21)32-19/h3-4,7-9,12-15,19-21,32H,5-6,10-11,28H2,1-2H3/p+1. The van der Waals surface area contributed by atoms with Crippen molar-refractivity contribution in [2.75, 3.05) is 7.05 Å². The molecule has 2 aliphatic rings. The quantitative estimate of drug-likeness (QED) is 0.394. The van der Waals surface area contributed by atoms with E-state index in [-0.39, 0.29) is 11.7 Å². The van der Waals surface area contributed by atoms with Gasteiger partial charge in [-0.3, -0.25) is 24.1 Å². The molecule has 6 rings (SSSR count). The average Bonchev–Trinajstić information content (AvgIpc) is 3.37. The van der Waals surface area contributed by atoms with Crippen LogP contribution in [-0.4, -0.2) is 44.4 Å². The SMILES string of the molecule is C[NH+]=CC(=CN)c1ccc(-c2ccc3ncc4c(c3c2)n(C2CC3CCC(C2)N3)c(=O)n4C)cn1. The smallest absolute Gasteiger partial charge is 0.329 e. The number of rotatable bonds is 4. The molecule has 4 aromatic rings. The molecular weight excluding hydrogens is 438 g/mol. The van der Waals surface area contributed by atoms with Gasteiger partial charge in [-0.15, -0.1) is 0 Å². The fraction of sp³-hybridized carbons (Fsp3) is 0.333. The van der Waals surface area contributed by atoms with Crippen LogP contribution >= 0.6 is 0 Å². The van der Waals surface area contributed by atoms with E-state index in [0.717, 1.165) is 57.2 Å². The number of imidazole rings is 1. The van der Waals surface area contributed by atoms with Gasteiger partial charge in [-0.2, -0.15) is 0 Å². The molecule has 1 aromatic carbocycles. The highest BCUT2D eigenvalue weighted by molar-refractivity contribution is 6.06. The Hall–Kier alpha value is -3.78. The van der Waals surface area contributed by atoms with Crippen molar-refractivity contribution >= 4 is 33.7 Å². The Morgan fingerprint density at radius 3 is 2.57 bits per heavy atom. The lowest BCUT2D eigenvalue weighted by Crippen LogP contribution is -2.63. The molecule has 3 aromatic heterocycles. The summed E-state index contributed by atoms with van der Waals surface area (Å²) in [6, 6.07) is 11.5. The van der Waals surface area contributed by atoms with Gasteiger partial charge in [0.15, 0.2) is 6.21 Å². The summed E-state index contributed by atoms with van der Waals surface area (Å²) in [6.07, 6.45) is 11.4. The van der Waals surface area contributed by atoms with Gasteiger partial charge in [0.2, 0.25) is 0 Å². The van der Waals surface area contributed by atoms with Crippen LogP contribution in [0.5, 0.6) is 0 Å². The zero-order chi connectivity index (χ0) is 24.1. The van der Waals surface area contributed by atoms with Crippen molar-refractivity contribution in [1.82, 2.24) is 24.4 Å². The molecule has 0 aliphatic carbocycles. The molecule has 5 heterocycles. The third-order valence-electron chi connectivity index (χ3n) is 7.60. The molecule has 2 aliphatic heterocycles. The Balaban J connectivity index is 1.49. The number of aryl methyl sites for hydroxylation is 1. The van der Waals surface area contributed by atoms with Crippen molar-refractivity contribution in [3.05, 3.63) is 65.1 Å². The summed E-state index contributed by atoms with van der Waals surface area (Å²) in [5.41, 5.74) is 12.2. The number of aromatic nitrogens is 4. The highest BCUT2D eigenvalue weighted by Gasteiger charge is 2.36. The van der Waals surface area contributed by atoms with Crippen molar-refractivity contribution in [2.45, 2.75) is 43.8 Å². The number of nitrogens with zero attached hydrogens (tertiary/aromatic N) is 4. The van der Waals surface area contributed by atoms with Crippen LogP contribution in [0.15, 0.2) is 53.7 Å². The Kier molecular flexibility index (Phi) is 5.25. The number of fused-ring (bicyclic) bond motifs is 5. The molecule has 178 valence electrons. The second-order valence-electron chi connectivity index (χ2n) is 9.69. The van der Waals surface area contributed by atoms with Gasteiger partial charge in [0.05, 0.1) is 34.0 Å². The first kappa shape index (κ1) is 21.7. The molecule has 0 radical (unpaired) electrons. The minimum atomic E-state index is 0.0407. The third kappa shape index (κ3) is 3.56. The molecule has 2 fully saturated rings. The number of piperidine rings is 1. The Bertz CT molecular complexity index is 1530. The minimum Gasteiger partial charge on any atom is -0.404 e. The molecule has 8 heteroatoms. The van der Waals surface area contributed by atoms with Gasteiger partial charge in [-0.25, -0.2) is 4.79 Å². The summed E-state index contributed by atoms with van der Waals surface area (Å²) < 4.78 is 3.79. The molecule has 8 nitrogen and oxygen atoms in total. The largest absolute Gasteiger partial charge is 0.404 e. The van der Waals surface area contributed by atoms with Gasteiger partial charge in [0.25, 0.3) is 0 Å². The zero-order valence-corrected chi connectivity index (χ0v) is 20.0. The first-order chi connectivity index (χ1) is 17.1. The van der Waals surface area contributed by atoms with Crippen molar-refractivity contribution in [3.8, 4) is 11.1 Å². The van der Waals surface area contributed by atoms with E-state index < -0.39 is 0 Å². The van der Waals surface area contributed by atoms with Crippen LogP contribution in [0, 0.1) is 0 Å². The lowest BCUT2D eigenvalue weighted by molar-refractivity contribution is -0.412. The summed E-state index contributed by atoms with van der Waals surface area (Å²) in [5.74, 6) is 0. The maximum absolute atomic E-state index is 13.4. The summed E-state index contributed by atoms with van der Waals surface area (Å²) >= 11 is 0. The summed E-state index contributed by atoms with van der Waals surface area (Å²) in [5, 5.41) is 4.70. The molecule has 2 atom stereocenters. The predicted molar refractivity (Wildman–Crippen MR) is 139 cm³/mol. The maximum atomic E-state index is 13.4. The van der Waals surface area contributed by atoms with E-state index >= 15 is 0 Å². The van der Waals surface area contributed by atoms with Gasteiger partial charge < -0.3 is 11.1 Å². The number of nitrogens with two attached hydrogens (primary N) is 1. The normalized spacial score (nSPS) is 22.6. The van der Waals surface area contributed by atoms with Gasteiger partial charge in [0.1, 0.15) is 7.05 Å². The van der Waals surface area contributed by atoms with E-state index in [1.54, 1.807) is 10.8 Å². The number of allylic oxidation sites excluding steroid dienone is 1. The second kappa shape index (κ2) is 8.46. The number of nitrogens with one attached hydrogen (secondary N) is 2. The molecule has 4 N–H and O–H groups in total. The molecule has 0 spiro atoms. The maximum Gasteiger partial charge on any atom is 0.329 e. The van der Waals surface area contributed by atoms with Crippen LogP contribution in [0.25, 0.3) is 38.6 Å². The van der Waals surface area contributed by atoms with Crippen molar-refractivity contribution in [1.29, 1.82) is 0 Å². The van der Waals surface area contributed by atoms with Crippen LogP contribution < -0.4 is 21.7 Å². The Morgan fingerprint density at radius 2 is 1.89 bits per heavy atom. The highest BCUT2D eigenvalue weighted by atomic mass is 16.1. The fourth-order valence-corrected chi connectivity index (χ4v) is 5.88. The number of hydrogen-bond acceptors (Lipinski definition) is 5. The van der Waals surface area contributed by atoms with Crippen LogP contribution in [0.4, 0.5) is 0 Å². The predicted octanol–water partition coefficient (Wildman–Crippen LogP) is 1.49. The van der Waals surface area contributed by atoms with E-state index in [1.807, 2.05) is 55.5 Å². The van der Waals surface area contributed by atoms with E-state index in [4.69, 9.17) is 5.73 Å². The van der Waals surface area contributed by atoms with E-state index in [9.17, 15) is 4.79 Å². The van der Waals surface area contributed by atoms with Gasteiger partial charge in [-0.1, -0.05) is 12.1 Å². The van der Waals surface area contributed by atoms with Crippen LogP contribution in [0.1, 0.15) is 37.4 Å². The first-order valence-electron chi connectivity index (χ1n) is 12.2. The number of pyridine rings is 2. The van der Waals surface area contributed by atoms with Crippen LogP contribution in [0.3, 0.4) is 0 Å². The topological polar surface area (TPSA) is 105 Å². The molecule has 2 saturated heterocycles. The molecular formula is C27H30N7O+. The molecule has 0 saturated carbocycles. The fourth-order valence-electron chi connectivity index (χ4n) is 5.88.